The molecule has 1 aliphatic carbocycles. The standard InChI is InChI=1S/C25H35N5O/c1-19-11-15-30(16-12-19)25-27-18-21-17-20(9-10-23(21)28-25)24(31)26-13-6-14-29(2)22-7-4-3-5-8-22/h3-5,7-8,18-20H,6,9-17H2,1-2H3,(H,26,31)/t20-/m1/s1. The van der Waals surface area contributed by atoms with Gasteiger partial charge in [0, 0.05) is 56.7 Å². The molecule has 0 unspecified atom stereocenters. The van der Waals surface area contributed by atoms with Gasteiger partial charge in [0.15, 0.2) is 0 Å². The second-order valence-electron chi connectivity index (χ2n) is 9.15. The highest BCUT2D eigenvalue weighted by Gasteiger charge is 2.27. The molecular formula is C25H35N5O. The van der Waals surface area contributed by atoms with Crippen LogP contribution in [0.3, 0.4) is 0 Å². The molecular weight excluding hydrogens is 386 g/mol. The number of aromatic nitrogens is 2. The van der Waals surface area contributed by atoms with Gasteiger partial charge in [0.25, 0.3) is 0 Å². The van der Waals surface area contributed by atoms with Crippen molar-refractivity contribution >= 4 is 17.5 Å². The number of hydrogen-bond donors (Lipinski definition) is 1. The molecule has 1 amide bonds. The summed E-state index contributed by atoms with van der Waals surface area (Å²) in [5.41, 5.74) is 3.48. The normalized spacial score (nSPS) is 19.0. The van der Waals surface area contributed by atoms with Gasteiger partial charge in [0.1, 0.15) is 0 Å². The molecule has 4 rings (SSSR count). The number of aryl methyl sites for hydroxylation is 1. The van der Waals surface area contributed by atoms with Crippen LogP contribution in [0.1, 0.15) is 43.9 Å². The molecule has 1 aromatic carbocycles. The third-order valence-electron chi connectivity index (χ3n) is 6.74. The fraction of sp³-hybridized carbons (Fsp3) is 0.560. The van der Waals surface area contributed by atoms with Gasteiger partial charge in [0.05, 0.1) is 0 Å². The van der Waals surface area contributed by atoms with Gasteiger partial charge >= 0.3 is 0 Å². The second-order valence-corrected chi connectivity index (χ2v) is 9.15. The molecule has 2 aromatic rings. The van der Waals surface area contributed by atoms with Gasteiger partial charge in [-0.15, -0.1) is 0 Å². The Bertz CT molecular complexity index is 863. The van der Waals surface area contributed by atoms with E-state index in [1.807, 2.05) is 24.4 Å². The molecule has 0 spiro atoms. The van der Waals surface area contributed by atoms with E-state index in [4.69, 9.17) is 4.98 Å². The lowest BCUT2D eigenvalue weighted by Crippen LogP contribution is -2.37. The summed E-state index contributed by atoms with van der Waals surface area (Å²) in [5.74, 6) is 1.87. The molecule has 1 aliphatic heterocycles. The Labute approximate surface area is 186 Å². The van der Waals surface area contributed by atoms with Gasteiger partial charge in [-0.1, -0.05) is 25.1 Å². The summed E-state index contributed by atoms with van der Waals surface area (Å²) in [5, 5.41) is 3.14. The van der Waals surface area contributed by atoms with Crippen molar-refractivity contribution in [2.24, 2.45) is 11.8 Å². The zero-order valence-electron chi connectivity index (χ0n) is 18.9. The summed E-state index contributed by atoms with van der Waals surface area (Å²) in [4.78, 5) is 26.7. The first-order valence-corrected chi connectivity index (χ1v) is 11.7. The third kappa shape index (κ3) is 5.54. The second kappa shape index (κ2) is 10.1. The molecule has 0 saturated carbocycles. The predicted molar refractivity (Wildman–Crippen MR) is 125 cm³/mol. The van der Waals surface area contributed by atoms with Crippen LogP contribution < -0.4 is 15.1 Å². The highest BCUT2D eigenvalue weighted by Crippen LogP contribution is 2.27. The van der Waals surface area contributed by atoms with Crippen molar-refractivity contribution in [2.45, 2.75) is 45.4 Å². The monoisotopic (exact) mass is 421 g/mol. The minimum atomic E-state index is 0.0321. The van der Waals surface area contributed by atoms with E-state index >= 15 is 0 Å². The molecule has 1 N–H and O–H groups in total. The minimum absolute atomic E-state index is 0.0321. The maximum absolute atomic E-state index is 12.7. The summed E-state index contributed by atoms with van der Waals surface area (Å²) in [6.45, 7) is 6.04. The predicted octanol–water partition coefficient (Wildman–Crippen LogP) is 3.46. The van der Waals surface area contributed by atoms with E-state index in [-0.39, 0.29) is 11.8 Å². The lowest BCUT2D eigenvalue weighted by atomic mass is 9.86. The van der Waals surface area contributed by atoms with E-state index in [0.29, 0.717) is 6.54 Å². The molecule has 1 fully saturated rings. The van der Waals surface area contributed by atoms with Crippen LogP contribution >= 0.6 is 0 Å². The van der Waals surface area contributed by atoms with Crippen LogP contribution in [-0.4, -0.2) is 49.1 Å². The van der Waals surface area contributed by atoms with E-state index in [1.165, 1.54) is 18.5 Å². The summed E-state index contributed by atoms with van der Waals surface area (Å²) < 4.78 is 0. The number of piperidine rings is 1. The summed E-state index contributed by atoms with van der Waals surface area (Å²) in [6, 6.07) is 10.3. The van der Waals surface area contributed by atoms with Crippen LogP contribution in [0.2, 0.25) is 0 Å². The van der Waals surface area contributed by atoms with Crippen molar-refractivity contribution in [3.05, 3.63) is 47.8 Å². The largest absolute Gasteiger partial charge is 0.375 e. The number of nitrogens with zero attached hydrogens (tertiary/aromatic N) is 4. The summed E-state index contributed by atoms with van der Waals surface area (Å²) in [6.07, 6.45) is 7.81. The number of nitrogens with one attached hydrogen (secondary N) is 1. The van der Waals surface area contributed by atoms with Crippen molar-refractivity contribution in [3.8, 4) is 0 Å². The quantitative estimate of drug-likeness (QED) is 0.694. The first-order chi connectivity index (χ1) is 15.1. The molecule has 1 aromatic heterocycles. The van der Waals surface area contributed by atoms with Crippen LogP contribution in [0.4, 0.5) is 11.6 Å². The van der Waals surface area contributed by atoms with E-state index in [1.54, 1.807) is 0 Å². The Hall–Kier alpha value is -2.63. The molecule has 2 aliphatic rings. The van der Waals surface area contributed by atoms with Crippen molar-refractivity contribution in [1.29, 1.82) is 0 Å². The zero-order valence-corrected chi connectivity index (χ0v) is 18.9. The van der Waals surface area contributed by atoms with Crippen LogP contribution in [-0.2, 0) is 17.6 Å². The number of hydrogen-bond acceptors (Lipinski definition) is 5. The maximum atomic E-state index is 12.7. The molecule has 6 nitrogen and oxygen atoms in total. The lowest BCUT2D eigenvalue weighted by Gasteiger charge is -2.31. The van der Waals surface area contributed by atoms with Gasteiger partial charge in [-0.05, 0) is 62.1 Å². The Morgan fingerprint density at radius 2 is 1.97 bits per heavy atom. The fourth-order valence-corrected chi connectivity index (χ4v) is 4.57. The van der Waals surface area contributed by atoms with Gasteiger partial charge in [-0.25, -0.2) is 9.97 Å². The van der Waals surface area contributed by atoms with Gasteiger partial charge < -0.3 is 15.1 Å². The fourth-order valence-electron chi connectivity index (χ4n) is 4.57. The first-order valence-electron chi connectivity index (χ1n) is 11.7. The van der Waals surface area contributed by atoms with Crippen LogP contribution in [0.15, 0.2) is 36.5 Å². The molecule has 2 heterocycles. The smallest absolute Gasteiger partial charge is 0.225 e. The summed E-state index contributed by atoms with van der Waals surface area (Å²) in [7, 11) is 2.09. The Kier molecular flexibility index (Phi) is 7.05. The number of para-hydroxylation sites is 1. The van der Waals surface area contributed by atoms with E-state index in [9.17, 15) is 4.79 Å². The van der Waals surface area contributed by atoms with Gasteiger partial charge in [0.2, 0.25) is 11.9 Å². The highest BCUT2D eigenvalue weighted by atomic mass is 16.1. The van der Waals surface area contributed by atoms with E-state index in [0.717, 1.165) is 68.4 Å². The number of benzene rings is 1. The van der Waals surface area contributed by atoms with E-state index in [2.05, 4.69) is 46.2 Å². The highest BCUT2D eigenvalue weighted by molar-refractivity contribution is 5.79. The van der Waals surface area contributed by atoms with Crippen LogP contribution in [0.5, 0.6) is 0 Å². The number of carbonyl (C=O) groups is 1. The number of carbonyl (C=O) groups excluding carboxylic acids is 1. The average Bonchev–Trinajstić information content (AvgIpc) is 2.82. The SMILES string of the molecule is CC1CCN(c2ncc3c(n2)CC[C@@H](C(=O)NCCCN(C)c2ccccc2)C3)CC1. The summed E-state index contributed by atoms with van der Waals surface area (Å²) >= 11 is 0. The minimum Gasteiger partial charge on any atom is -0.375 e. The Morgan fingerprint density at radius 3 is 2.74 bits per heavy atom. The number of rotatable bonds is 7. The number of fused-ring (bicyclic) bond motifs is 1. The number of anilines is 2. The molecule has 31 heavy (non-hydrogen) atoms. The van der Waals surface area contributed by atoms with Crippen molar-refractivity contribution < 1.29 is 4.79 Å². The molecule has 6 heteroatoms. The van der Waals surface area contributed by atoms with Crippen LogP contribution in [0.25, 0.3) is 0 Å². The third-order valence-corrected chi connectivity index (χ3v) is 6.74. The molecule has 166 valence electrons. The number of amides is 1. The Morgan fingerprint density at radius 1 is 1.19 bits per heavy atom. The topological polar surface area (TPSA) is 61.4 Å². The van der Waals surface area contributed by atoms with E-state index < -0.39 is 0 Å². The zero-order chi connectivity index (χ0) is 21.6. The van der Waals surface area contributed by atoms with Gasteiger partial charge in [-0.2, -0.15) is 0 Å². The average molecular weight is 422 g/mol. The molecule has 1 atom stereocenters. The maximum Gasteiger partial charge on any atom is 0.225 e. The van der Waals surface area contributed by atoms with Crippen molar-refractivity contribution in [3.63, 3.8) is 0 Å². The van der Waals surface area contributed by atoms with Crippen molar-refractivity contribution in [2.75, 3.05) is 43.0 Å². The molecule has 0 radical (unpaired) electrons. The van der Waals surface area contributed by atoms with Crippen LogP contribution in [0, 0.1) is 11.8 Å². The lowest BCUT2D eigenvalue weighted by molar-refractivity contribution is -0.125. The molecule has 1 saturated heterocycles. The first kappa shape index (κ1) is 21.6. The van der Waals surface area contributed by atoms with Crippen molar-refractivity contribution in [1.82, 2.24) is 15.3 Å². The van der Waals surface area contributed by atoms with Gasteiger partial charge in [-0.3, -0.25) is 4.79 Å². The molecule has 0 bridgehead atoms. The Balaban J connectivity index is 1.23.